The van der Waals surface area contributed by atoms with E-state index in [1.54, 1.807) is 20.8 Å². The number of nitrogens with zero attached hydrogens (tertiary/aromatic N) is 4. The van der Waals surface area contributed by atoms with Gasteiger partial charge in [-0.25, -0.2) is 23.4 Å². The normalized spacial score (nSPS) is 12.3. The van der Waals surface area contributed by atoms with Crippen molar-refractivity contribution in [1.82, 2.24) is 19.5 Å². The molecule has 0 atom stereocenters. The highest BCUT2D eigenvalue weighted by Crippen LogP contribution is 2.34. The minimum absolute atomic E-state index is 0.00682. The lowest BCUT2D eigenvalue weighted by Crippen LogP contribution is -2.35. The third kappa shape index (κ3) is 5.36. The third-order valence-electron chi connectivity index (χ3n) is 5.09. The molecule has 9 nitrogen and oxygen atoms in total. The minimum atomic E-state index is -4.64. The Balaban J connectivity index is 0.00000199. The maximum absolute atomic E-state index is 13.0. The Morgan fingerprint density at radius 2 is 1.79 bits per heavy atom. The molecular formula is C21H26F3N5O4S. The highest BCUT2D eigenvalue weighted by Gasteiger charge is 2.33. The van der Waals surface area contributed by atoms with Gasteiger partial charge >= 0.3 is 6.18 Å². The number of rotatable bonds is 6. The average Bonchev–Trinajstić information content (AvgIpc) is 3.10. The van der Waals surface area contributed by atoms with Gasteiger partial charge in [0.05, 0.1) is 29.2 Å². The summed E-state index contributed by atoms with van der Waals surface area (Å²) in [6, 6.07) is 2.10. The summed E-state index contributed by atoms with van der Waals surface area (Å²) in [4.78, 5) is 11.7. The molecule has 0 fully saturated rings. The van der Waals surface area contributed by atoms with E-state index in [9.17, 15) is 21.6 Å². The number of pyridine rings is 2. The maximum Gasteiger partial charge on any atom is 0.433 e. The van der Waals surface area contributed by atoms with Crippen LogP contribution in [-0.4, -0.2) is 57.2 Å². The van der Waals surface area contributed by atoms with Gasteiger partial charge in [0.1, 0.15) is 27.6 Å². The summed E-state index contributed by atoms with van der Waals surface area (Å²) in [7, 11) is -1.27. The number of fused-ring (bicyclic) bond motifs is 1. The molecule has 0 aliphatic heterocycles. The first-order valence-electron chi connectivity index (χ1n) is 9.99. The predicted octanol–water partition coefficient (Wildman–Crippen LogP) is 3.65. The van der Waals surface area contributed by atoms with Gasteiger partial charge in [0.15, 0.2) is 15.7 Å². The van der Waals surface area contributed by atoms with Gasteiger partial charge in [-0.3, -0.25) is 0 Å². The number of hydrogen-bond donors (Lipinski definition) is 2. The Labute approximate surface area is 195 Å². The number of imidazole rings is 1. The second-order valence-corrected chi connectivity index (χ2v) is 9.96. The molecule has 0 aromatic carbocycles. The van der Waals surface area contributed by atoms with Crippen molar-refractivity contribution in [3.8, 4) is 17.3 Å². The van der Waals surface area contributed by atoms with Crippen molar-refractivity contribution in [2.24, 2.45) is 7.05 Å². The van der Waals surface area contributed by atoms with Gasteiger partial charge in [-0.05, 0) is 26.8 Å². The van der Waals surface area contributed by atoms with Crippen molar-refractivity contribution in [2.45, 2.75) is 44.4 Å². The molecule has 0 bridgehead atoms. The zero-order valence-corrected chi connectivity index (χ0v) is 20.3. The Bertz CT molecular complexity index is 1320. The summed E-state index contributed by atoms with van der Waals surface area (Å²) in [6.07, 6.45) is -2.30. The van der Waals surface area contributed by atoms with Crippen LogP contribution in [0.1, 0.15) is 33.4 Å². The van der Waals surface area contributed by atoms with E-state index in [1.807, 2.05) is 0 Å². The fourth-order valence-corrected chi connectivity index (χ4v) is 3.91. The number of alkyl halides is 3. The molecule has 13 heteroatoms. The van der Waals surface area contributed by atoms with Crippen molar-refractivity contribution in [2.75, 3.05) is 12.9 Å². The predicted molar refractivity (Wildman–Crippen MR) is 121 cm³/mol. The van der Waals surface area contributed by atoms with E-state index in [-0.39, 0.29) is 44.7 Å². The number of aryl methyl sites for hydroxylation is 1. The van der Waals surface area contributed by atoms with E-state index >= 15 is 0 Å². The summed E-state index contributed by atoms with van der Waals surface area (Å²) < 4.78 is 71.9. The molecule has 0 aliphatic rings. The lowest BCUT2D eigenvalue weighted by molar-refractivity contribution is -0.141. The van der Waals surface area contributed by atoms with E-state index in [4.69, 9.17) is 15.3 Å². The quantitative estimate of drug-likeness (QED) is 0.493. The fourth-order valence-electron chi connectivity index (χ4n) is 2.87. The first-order chi connectivity index (χ1) is 15.7. The highest BCUT2D eigenvalue weighted by atomic mass is 32.2. The molecule has 0 amide bonds. The van der Waals surface area contributed by atoms with Crippen molar-refractivity contribution in [3.63, 3.8) is 0 Å². The highest BCUT2D eigenvalue weighted by molar-refractivity contribution is 7.91. The molecular weight excluding hydrogens is 475 g/mol. The molecule has 3 heterocycles. The van der Waals surface area contributed by atoms with Crippen LogP contribution >= 0.6 is 0 Å². The van der Waals surface area contributed by atoms with Gasteiger partial charge in [-0.15, -0.1) is 0 Å². The van der Waals surface area contributed by atoms with Crippen LogP contribution < -0.4 is 4.74 Å². The molecule has 3 aromatic heterocycles. The van der Waals surface area contributed by atoms with Crippen molar-refractivity contribution in [3.05, 3.63) is 30.2 Å². The molecule has 3 rings (SSSR count). The molecule has 0 radical (unpaired) electrons. The first-order valence-corrected chi connectivity index (χ1v) is 11.6. The van der Waals surface area contributed by atoms with Crippen LogP contribution in [0.15, 0.2) is 29.4 Å². The van der Waals surface area contributed by atoms with Crippen LogP contribution in [0.25, 0.3) is 22.6 Å². The van der Waals surface area contributed by atoms with Gasteiger partial charge in [0, 0.05) is 25.9 Å². The number of ether oxygens (including phenoxy) is 1. The molecule has 0 saturated carbocycles. The summed E-state index contributed by atoms with van der Waals surface area (Å²) in [5.74, 6) is -0.0265. The minimum Gasteiger partial charge on any atom is -0.480 e. The summed E-state index contributed by atoms with van der Waals surface area (Å²) in [6.45, 7) is 6.35. The molecule has 186 valence electrons. The fraction of sp³-hybridized carbons (Fsp3) is 0.429. The summed E-state index contributed by atoms with van der Waals surface area (Å²) in [5.41, 5.74) is -1.59. The van der Waals surface area contributed by atoms with Crippen LogP contribution in [0.3, 0.4) is 0 Å². The van der Waals surface area contributed by atoms with Crippen LogP contribution in [0.4, 0.5) is 13.2 Å². The molecule has 34 heavy (non-hydrogen) atoms. The molecule has 0 aliphatic carbocycles. The second kappa shape index (κ2) is 9.66. The van der Waals surface area contributed by atoms with E-state index in [0.717, 1.165) is 19.4 Å². The summed E-state index contributed by atoms with van der Waals surface area (Å²) >= 11 is 0. The topological polar surface area (TPSA) is 131 Å². The molecule has 2 N–H and O–H groups in total. The first kappa shape index (κ1) is 27.2. The van der Waals surface area contributed by atoms with Crippen LogP contribution in [0.5, 0.6) is 5.75 Å². The largest absolute Gasteiger partial charge is 0.480 e. The number of aliphatic hydroxyl groups is 1. The average molecular weight is 502 g/mol. The lowest BCUT2D eigenvalue weighted by Gasteiger charge is -2.25. The standard InChI is InChI=1S/C20H22F3N5O3S.CH4O/c1-6-32(29,30)15-7-12(31-19(3,4)11(2)24)9-26-17(15)18-27-13-8-16(20(21,22)23)25-10-14(13)28(18)5;1-2/h7-10,24H,6H2,1-5H3;2H,1H3. The summed E-state index contributed by atoms with van der Waals surface area (Å²) in [5, 5.41) is 14.8. The Hall–Kier alpha value is -3.06. The van der Waals surface area contributed by atoms with Crippen molar-refractivity contribution < 1.29 is 31.4 Å². The lowest BCUT2D eigenvalue weighted by atomic mass is 10.0. The number of nitrogens with one attached hydrogen (secondary N) is 1. The molecule has 0 spiro atoms. The number of sulfone groups is 1. The SMILES string of the molecule is CCS(=O)(=O)c1cc(OC(C)(C)C(C)=N)cnc1-c1nc2cc(C(F)(F)F)ncc2n1C.CO. The van der Waals surface area contributed by atoms with Gasteiger partial charge in [-0.2, -0.15) is 13.2 Å². The Morgan fingerprint density at radius 1 is 1.18 bits per heavy atom. The van der Waals surface area contributed by atoms with Crippen molar-refractivity contribution in [1.29, 1.82) is 5.41 Å². The van der Waals surface area contributed by atoms with Gasteiger partial charge in [0.25, 0.3) is 0 Å². The van der Waals surface area contributed by atoms with Crippen LogP contribution in [-0.2, 0) is 23.1 Å². The second-order valence-electron chi connectivity index (χ2n) is 7.71. The van der Waals surface area contributed by atoms with Crippen LogP contribution in [0.2, 0.25) is 0 Å². The molecule has 0 saturated heterocycles. The Morgan fingerprint density at radius 3 is 2.32 bits per heavy atom. The van der Waals surface area contributed by atoms with E-state index in [0.29, 0.717) is 0 Å². The number of aromatic nitrogens is 4. The van der Waals surface area contributed by atoms with Gasteiger partial charge in [0.2, 0.25) is 0 Å². The maximum atomic E-state index is 13.0. The number of halogens is 3. The zero-order valence-electron chi connectivity index (χ0n) is 19.5. The molecule has 3 aromatic rings. The Kier molecular flexibility index (Phi) is 7.73. The number of aliphatic hydroxyl groups excluding tert-OH is 1. The smallest absolute Gasteiger partial charge is 0.433 e. The van der Waals surface area contributed by atoms with Crippen LogP contribution in [0, 0.1) is 5.41 Å². The van der Waals surface area contributed by atoms with Gasteiger partial charge in [-0.1, -0.05) is 6.92 Å². The molecule has 0 unspecified atom stereocenters. The van der Waals surface area contributed by atoms with Gasteiger partial charge < -0.3 is 19.8 Å². The number of hydrogen-bond acceptors (Lipinski definition) is 8. The van der Waals surface area contributed by atoms with E-state index in [1.165, 1.54) is 30.8 Å². The van der Waals surface area contributed by atoms with Crippen molar-refractivity contribution >= 4 is 26.6 Å². The van der Waals surface area contributed by atoms with E-state index in [2.05, 4.69) is 15.0 Å². The third-order valence-corrected chi connectivity index (χ3v) is 6.83. The monoisotopic (exact) mass is 501 g/mol. The zero-order chi connectivity index (χ0) is 26.1. The van der Waals surface area contributed by atoms with E-state index < -0.39 is 27.3 Å².